The van der Waals surface area contributed by atoms with Crippen LogP contribution in [0.25, 0.3) is 39.3 Å². The van der Waals surface area contributed by atoms with Crippen molar-refractivity contribution < 1.29 is 14.3 Å². The Balaban J connectivity index is 1.33. The van der Waals surface area contributed by atoms with Crippen molar-refractivity contribution in [2.75, 3.05) is 4.90 Å². The highest BCUT2D eigenvalue weighted by Crippen LogP contribution is 2.57. The first kappa shape index (κ1) is 43.2. The first-order chi connectivity index (χ1) is 30.7. The smallest absolute Gasteiger partial charge is 0.346 e. The zero-order chi connectivity index (χ0) is 44.1. The van der Waals surface area contributed by atoms with Gasteiger partial charge in [0.1, 0.15) is 17.2 Å². The van der Waals surface area contributed by atoms with Crippen LogP contribution in [0, 0.1) is 11.3 Å². The lowest BCUT2D eigenvalue weighted by Crippen LogP contribution is -2.26. The Morgan fingerprint density at radius 1 is 0.635 bits per heavy atom. The summed E-state index contributed by atoms with van der Waals surface area (Å²) in [6, 6.07) is 41.7. The van der Waals surface area contributed by atoms with Crippen LogP contribution in [0.2, 0.25) is 0 Å². The largest absolute Gasteiger partial charge is 0.477 e. The van der Waals surface area contributed by atoms with Crippen LogP contribution in [0.4, 0.5) is 17.1 Å². The molecule has 5 aromatic carbocycles. The van der Waals surface area contributed by atoms with E-state index >= 15 is 0 Å². The zero-order valence-corrected chi connectivity index (χ0v) is 37.2. The number of benzene rings is 5. The second kappa shape index (κ2) is 18.5. The van der Waals surface area contributed by atoms with Crippen molar-refractivity contribution in [2.45, 2.75) is 116 Å². The van der Waals surface area contributed by atoms with Crippen LogP contribution in [0.15, 0.2) is 136 Å². The van der Waals surface area contributed by atoms with E-state index in [1.807, 2.05) is 12.1 Å². The van der Waals surface area contributed by atoms with E-state index in [0.717, 1.165) is 99.5 Å². The summed E-state index contributed by atoms with van der Waals surface area (Å²) in [6.07, 6.45) is 17.5. The van der Waals surface area contributed by atoms with Crippen molar-refractivity contribution >= 4 is 40.1 Å². The second-order valence-corrected chi connectivity index (χ2v) is 17.5. The van der Waals surface area contributed by atoms with E-state index in [9.17, 15) is 20.0 Å². The number of hydrogen-bond acceptors (Lipinski definition) is 5. The summed E-state index contributed by atoms with van der Waals surface area (Å²) in [5.74, 6) is -1.33. The molecule has 0 fully saturated rings. The molecule has 6 aromatic rings. The number of fused-ring (bicyclic) bond motifs is 7. The number of carboxylic acid groups (broad SMARTS) is 1. The Labute approximate surface area is 372 Å². The van der Waals surface area contributed by atoms with Gasteiger partial charge >= 0.3 is 11.6 Å². The van der Waals surface area contributed by atoms with Gasteiger partial charge in [0.25, 0.3) is 0 Å². The molecule has 0 aliphatic heterocycles. The number of nitrogens with zero attached hydrogens (tertiary/aromatic N) is 2. The third-order valence-electron chi connectivity index (χ3n) is 13.7. The summed E-state index contributed by atoms with van der Waals surface area (Å²) in [7, 11) is 0. The summed E-state index contributed by atoms with van der Waals surface area (Å²) in [6.45, 7) is 9.16. The van der Waals surface area contributed by atoms with Gasteiger partial charge in [0.15, 0.2) is 0 Å². The Hall–Kier alpha value is -6.45. The van der Waals surface area contributed by atoms with Crippen LogP contribution < -0.4 is 10.5 Å². The van der Waals surface area contributed by atoms with Gasteiger partial charge in [-0.2, -0.15) is 5.26 Å². The molecule has 320 valence electrons. The van der Waals surface area contributed by atoms with Crippen molar-refractivity contribution in [3.05, 3.63) is 165 Å². The van der Waals surface area contributed by atoms with E-state index in [-0.39, 0.29) is 16.4 Å². The summed E-state index contributed by atoms with van der Waals surface area (Å²) in [5.41, 5.74) is 13.5. The number of nitriles is 1. The molecule has 63 heavy (non-hydrogen) atoms. The number of unbranched alkanes of at least 4 members (excludes halogenated alkanes) is 4. The van der Waals surface area contributed by atoms with Gasteiger partial charge in [-0.15, -0.1) is 0 Å². The van der Waals surface area contributed by atoms with Crippen LogP contribution in [-0.4, -0.2) is 11.1 Å². The highest BCUT2D eigenvalue weighted by atomic mass is 16.4. The normalized spacial score (nSPS) is 14.3. The third-order valence-corrected chi connectivity index (χ3v) is 13.7. The van der Waals surface area contributed by atoms with Gasteiger partial charge in [-0.3, -0.25) is 0 Å². The molecule has 0 atom stereocenters. The number of aliphatic carboxylic acids is 1. The van der Waals surface area contributed by atoms with Gasteiger partial charge in [-0.25, -0.2) is 9.59 Å². The Morgan fingerprint density at radius 3 is 1.57 bits per heavy atom. The minimum absolute atomic E-state index is 0.0948. The predicted molar refractivity (Wildman–Crippen MR) is 258 cm³/mol. The van der Waals surface area contributed by atoms with E-state index < -0.39 is 17.2 Å². The SMILES string of the molecule is CCCCC1(CCCC)c2ccccc2-c2ccc(N(c3ccc4c(c3)C(CCCC)(CCCC)c3ccccc3-4)c3ccc4cc(/C=C/C=C(\C#N)C(=O)O)c(=O)oc4c3)cc21. The highest BCUT2D eigenvalue weighted by Gasteiger charge is 2.44. The van der Waals surface area contributed by atoms with Crippen molar-refractivity contribution in [3.63, 3.8) is 0 Å². The monoisotopic (exact) mass is 834 g/mol. The molecule has 1 N–H and O–H groups in total. The maximum Gasteiger partial charge on any atom is 0.346 e. The number of rotatable bonds is 18. The summed E-state index contributed by atoms with van der Waals surface area (Å²) < 4.78 is 6.03. The van der Waals surface area contributed by atoms with Gasteiger partial charge in [0.2, 0.25) is 0 Å². The van der Waals surface area contributed by atoms with Crippen LogP contribution >= 0.6 is 0 Å². The lowest BCUT2D eigenvalue weighted by Gasteiger charge is -2.35. The fraction of sp³-hybridized carbons (Fsp3) is 0.316. The Morgan fingerprint density at radius 2 is 1.10 bits per heavy atom. The van der Waals surface area contributed by atoms with Crippen LogP contribution in [0.5, 0.6) is 0 Å². The summed E-state index contributed by atoms with van der Waals surface area (Å²) in [5, 5.41) is 19.2. The molecule has 2 aliphatic carbocycles. The van der Waals surface area contributed by atoms with Gasteiger partial charge in [-0.1, -0.05) is 146 Å². The number of anilines is 3. The average Bonchev–Trinajstić information content (AvgIpc) is 3.73. The number of carbonyl (C=O) groups is 1. The summed E-state index contributed by atoms with van der Waals surface area (Å²) in [4.78, 5) is 27.2. The lowest BCUT2D eigenvalue weighted by molar-refractivity contribution is -0.132. The van der Waals surface area contributed by atoms with Gasteiger partial charge in [0, 0.05) is 39.3 Å². The first-order valence-corrected chi connectivity index (χ1v) is 23.1. The first-order valence-electron chi connectivity index (χ1n) is 23.1. The fourth-order valence-corrected chi connectivity index (χ4v) is 10.6. The van der Waals surface area contributed by atoms with Crippen LogP contribution in [0.1, 0.15) is 133 Å². The quantitative estimate of drug-likeness (QED) is 0.0401. The van der Waals surface area contributed by atoms with Crippen molar-refractivity contribution in [3.8, 4) is 28.3 Å². The molecule has 2 aliphatic rings. The molecule has 6 heteroatoms. The van der Waals surface area contributed by atoms with Crippen molar-refractivity contribution in [2.24, 2.45) is 0 Å². The molecule has 0 bridgehead atoms. The fourth-order valence-electron chi connectivity index (χ4n) is 10.6. The maximum absolute atomic E-state index is 13.5. The molecule has 8 rings (SSSR count). The van der Waals surface area contributed by atoms with E-state index in [1.165, 1.54) is 62.7 Å². The number of hydrogen-bond donors (Lipinski definition) is 1. The van der Waals surface area contributed by atoms with E-state index in [2.05, 4.69) is 124 Å². The molecule has 0 saturated heterocycles. The predicted octanol–water partition coefficient (Wildman–Crippen LogP) is 15.1. The zero-order valence-electron chi connectivity index (χ0n) is 37.2. The van der Waals surface area contributed by atoms with E-state index in [1.54, 1.807) is 12.1 Å². The van der Waals surface area contributed by atoms with E-state index in [4.69, 9.17) is 4.42 Å². The van der Waals surface area contributed by atoms with Crippen LogP contribution in [0.3, 0.4) is 0 Å². The average molecular weight is 835 g/mol. The molecule has 0 radical (unpaired) electrons. The minimum atomic E-state index is -1.33. The van der Waals surface area contributed by atoms with Gasteiger partial charge in [-0.05, 0) is 125 Å². The van der Waals surface area contributed by atoms with E-state index in [0.29, 0.717) is 5.58 Å². The third kappa shape index (κ3) is 7.84. The van der Waals surface area contributed by atoms with Crippen molar-refractivity contribution in [1.82, 2.24) is 0 Å². The maximum atomic E-state index is 13.5. The molecular weight excluding hydrogens is 777 g/mol. The Kier molecular flexibility index (Phi) is 12.7. The highest BCUT2D eigenvalue weighted by molar-refractivity contribution is 5.92. The lowest BCUT2D eigenvalue weighted by atomic mass is 9.70. The minimum Gasteiger partial charge on any atom is -0.477 e. The van der Waals surface area contributed by atoms with Crippen LogP contribution in [-0.2, 0) is 15.6 Å². The molecule has 6 nitrogen and oxygen atoms in total. The molecule has 1 aromatic heterocycles. The standard InChI is InChI=1S/C57H58N2O4/c1-5-9-30-56(31-10-6-2)49-22-15-13-20-45(49)47-28-26-42(35-51(47)56)59(44-25-24-39-34-40(55(62)63-53(39)37-44)18-17-19-41(38-58)54(60)61)43-27-29-48-46-21-14-16-23-50(46)57(32-11-7-3,33-12-8-4)52(48)36-43/h13-29,34-37H,5-12,30-33H2,1-4H3,(H,60,61)/b18-17+,41-19+. The van der Waals surface area contributed by atoms with Gasteiger partial charge in [0.05, 0.1) is 5.56 Å². The Bertz CT molecular complexity index is 2700. The molecule has 1 heterocycles. The molecule has 0 amide bonds. The second-order valence-electron chi connectivity index (χ2n) is 17.5. The molecule has 0 saturated carbocycles. The topological polar surface area (TPSA) is 94.5 Å². The molecule has 0 unspecified atom stereocenters. The summed E-state index contributed by atoms with van der Waals surface area (Å²) >= 11 is 0. The number of carboxylic acids is 1. The molecular formula is C57H58N2O4. The molecule has 0 spiro atoms. The van der Waals surface area contributed by atoms with Gasteiger partial charge < -0.3 is 14.4 Å². The van der Waals surface area contributed by atoms with Crippen molar-refractivity contribution in [1.29, 1.82) is 5.26 Å². The number of allylic oxidation sites excluding steroid dienone is 2.